The van der Waals surface area contributed by atoms with Crippen molar-refractivity contribution < 1.29 is 4.74 Å². The molecule has 12 rings (SSSR count). The van der Waals surface area contributed by atoms with Crippen molar-refractivity contribution in [2.75, 3.05) is 4.90 Å². The third-order valence-electron chi connectivity index (χ3n) is 11.7. The predicted octanol–water partition coefficient (Wildman–Crippen LogP) is 15.2. The van der Waals surface area contributed by atoms with Gasteiger partial charge in [-0.2, -0.15) is 0 Å². The largest absolute Gasteiger partial charge is 0.453 e. The molecule has 11 aromatic rings. The van der Waals surface area contributed by atoms with Gasteiger partial charge in [0.2, 0.25) is 0 Å². The zero-order valence-corrected chi connectivity index (χ0v) is 30.9. The number of rotatable bonds is 5. The van der Waals surface area contributed by atoms with Gasteiger partial charge in [-0.3, -0.25) is 0 Å². The first kappa shape index (κ1) is 31.7. The van der Waals surface area contributed by atoms with Crippen LogP contribution in [0.15, 0.2) is 206 Å². The summed E-state index contributed by atoms with van der Waals surface area (Å²) in [5, 5.41) is 9.91. The monoisotopic (exact) mass is 726 g/mol. The molecule has 1 aliphatic rings. The van der Waals surface area contributed by atoms with E-state index in [0.717, 1.165) is 45.3 Å². The van der Waals surface area contributed by atoms with E-state index in [4.69, 9.17) is 4.74 Å². The molecule has 0 spiro atoms. The highest BCUT2D eigenvalue weighted by Gasteiger charge is 2.24. The van der Waals surface area contributed by atoms with Crippen LogP contribution in [0.3, 0.4) is 0 Å². The van der Waals surface area contributed by atoms with Crippen molar-refractivity contribution in [3.63, 3.8) is 0 Å². The van der Waals surface area contributed by atoms with Crippen molar-refractivity contribution in [1.82, 2.24) is 4.57 Å². The lowest BCUT2D eigenvalue weighted by atomic mass is 9.94. The lowest BCUT2D eigenvalue weighted by molar-refractivity contribution is 0.476. The van der Waals surface area contributed by atoms with Crippen LogP contribution in [0.2, 0.25) is 0 Å². The Morgan fingerprint density at radius 3 is 1.95 bits per heavy atom. The smallest absolute Gasteiger partial charge is 0.152 e. The molecule has 0 amide bonds. The zero-order chi connectivity index (χ0) is 37.5. The molecule has 0 bridgehead atoms. The Labute approximate surface area is 329 Å². The van der Waals surface area contributed by atoms with E-state index in [9.17, 15) is 0 Å². The van der Waals surface area contributed by atoms with E-state index in [0.29, 0.717) is 0 Å². The summed E-state index contributed by atoms with van der Waals surface area (Å²) in [5.74, 6) is 1.76. The summed E-state index contributed by atoms with van der Waals surface area (Å²) < 4.78 is 8.74. The van der Waals surface area contributed by atoms with Gasteiger partial charge in [0.1, 0.15) is 0 Å². The van der Waals surface area contributed by atoms with Crippen LogP contribution < -0.4 is 9.64 Å². The third-order valence-corrected chi connectivity index (χ3v) is 11.7. The number of hydrogen-bond acceptors (Lipinski definition) is 2. The third kappa shape index (κ3) is 4.99. The molecule has 3 nitrogen and oxygen atoms in total. The fourth-order valence-corrected chi connectivity index (χ4v) is 9.07. The first-order valence-electron chi connectivity index (χ1n) is 19.5. The van der Waals surface area contributed by atoms with E-state index >= 15 is 0 Å². The van der Waals surface area contributed by atoms with Gasteiger partial charge in [0.25, 0.3) is 0 Å². The molecule has 2 heterocycles. The Balaban J connectivity index is 0.986. The van der Waals surface area contributed by atoms with Gasteiger partial charge in [-0.25, -0.2) is 0 Å². The molecule has 266 valence electrons. The Hall–Kier alpha value is -7.62. The normalized spacial score (nSPS) is 12.0. The maximum Gasteiger partial charge on any atom is 0.152 e. The Bertz CT molecular complexity index is 3390. The molecule has 0 saturated carbocycles. The van der Waals surface area contributed by atoms with Crippen molar-refractivity contribution in [2.45, 2.75) is 0 Å². The highest BCUT2D eigenvalue weighted by atomic mass is 16.5. The van der Waals surface area contributed by atoms with E-state index in [-0.39, 0.29) is 0 Å². The van der Waals surface area contributed by atoms with Gasteiger partial charge in [0.05, 0.1) is 16.7 Å². The average Bonchev–Trinajstić information content (AvgIpc) is 3.61. The summed E-state index contributed by atoms with van der Waals surface area (Å²) in [6.07, 6.45) is 0. The second kappa shape index (κ2) is 12.5. The van der Waals surface area contributed by atoms with Crippen LogP contribution in [0.4, 0.5) is 17.1 Å². The maximum atomic E-state index is 6.39. The van der Waals surface area contributed by atoms with Crippen molar-refractivity contribution in [2.24, 2.45) is 0 Å². The van der Waals surface area contributed by atoms with Crippen LogP contribution in [0.1, 0.15) is 0 Å². The molecule has 0 saturated heterocycles. The van der Waals surface area contributed by atoms with Gasteiger partial charge in [0.15, 0.2) is 11.5 Å². The molecule has 1 aromatic heterocycles. The minimum Gasteiger partial charge on any atom is -0.453 e. The summed E-state index contributed by atoms with van der Waals surface area (Å²) in [7, 11) is 0. The number of ether oxygens (including phenoxy) is 1. The van der Waals surface area contributed by atoms with Gasteiger partial charge in [-0.1, -0.05) is 140 Å². The van der Waals surface area contributed by atoms with Crippen LogP contribution in [0, 0.1) is 0 Å². The second-order valence-corrected chi connectivity index (χ2v) is 14.9. The fraction of sp³-hybridized carbons (Fsp3) is 0. The van der Waals surface area contributed by atoms with Gasteiger partial charge in [0, 0.05) is 27.8 Å². The Morgan fingerprint density at radius 2 is 1.02 bits per heavy atom. The van der Waals surface area contributed by atoms with Gasteiger partial charge >= 0.3 is 0 Å². The number of hydrogen-bond donors (Lipinski definition) is 0. The molecule has 10 aromatic carbocycles. The maximum absolute atomic E-state index is 6.39. The molecular formula is C54H34N2O. The molecule has 1 aliphatic heterocycles. The quantitative estimate of drug-likeness (QED) is 0.164. The van der Waals surface area contributed by atoms with Gasteiger partial charge in [-0.15, -0.1) is 0 Å². The van der Waals surface area contributed by atoms with Crippen LogP contribution in [0.25, 0.3) is 82.1 Å². The highest BCUT2D eigenvalue weighted by molar-refractivity contribution is 6.14. The van der Waals surface area contributed by atoms with Crippen molar-refractivity contribution in [1.29, 1.82) is 0 Å². The molecular weight excluding hydrogens is 693 g/mol. The lowest BCUT2D eigenvalue weighted by Gasteiger charge is -2.26. The fourth-order valence-electron chi connectivity index (χ4n) is 9.07. The second-order valence-electron chi connectivity index (χ2n) is 14.9. The molecule has 0 N–H and O–H groups in total. The Kier molecular flexibility index (Phi) is 6.93. The molecule has 3 heteroatoms. The molecule has 0 fully saturated rings. The standard InChI is InChI=1S/C54H34N2O/c1-2-12-38-32-43(29-22-35(38)10-1)55(41-27-23-37(24-28-41)45-16-8-17-46-44-15-4-3-11-36(44)25-30-47(45)46)42-14-7-13-39(33-42)40-26-31-50-49(34-40)48-18-9-21-53-54(48)56(50)51-19-5-6-20-52(51)57-53/h1-34H. The number of para-hydroxylation sites is 3. The molecule has 0 atom stereocenters. The zero-order valence-electron chi connectivity index (χ0n) is 30.9. The molecule has 57 heavy (non-hydrogen) atoms. The van der Waals surface area contributed by atoms with E-state index in [1.807, 2.05) is 12.1 Å². The number of fused-ring (bicyclic) bond motifs is 9. The first-order chi connectivity index (χ1) is 28.2. The van der Waals surface area contributed by atoms with Crippen LogP contribution >= 0.6 is 0 Å². The first-order valence-corrected chi connectivity index (χ1v) is 19.5. The summed E-state index contributed by atoms with van der Waals surface area (Å²) in [6, 6.07) is 74.6. The van der Waals surface area contributed by atoms with Crippen molar-refractivity contribution >= 4 is 71.2 Å². The summed E-state index contributed by atoms with van der Waals surface area (Å²) >= 11 is 0. The van der Waals surface area contributed by atoms with E-state index < -0.39 is 0 Å². The van der Waals surface area contributed by atoms with Crippen LogP contribution in [-0.4, -0.2) is 4.57 Å². The number of aromatic nitrogens is 1. The van der Waals surface area contributed by atoms with E-state index in [1.165, 1.54) is 65.3 Å². The van der Waals surface area contributed by atoms with Crippen molar-refractivity contribution in [3.8, 4) is 39.4 Å². The van der Waals surface area contributed by atoms with E-state index in [1.54, 1.807) is 0 Å². The highest BCUT2D eigenvalue weighted by Crippen LogP contribution is 2.46. The number of anilines is 3. The minimum atomic E-state index is 0.874. The number of nitrogens with zero attached hydrogens (tertiary/aromatic N) is 2. The van der Waals surface area contributed by atoms with Gasteiger partial charge < -0.3 is 14.2 Å². The molecule has 0 radical (unpaired) electrons. The average molecular weight is 727 g/mol. The van der Waals surface area contributed by atoms with E-state index in [2.05, 4.69) is 204 Å². The molecule has 0 aliphatic carbocycles. The Morgan fingerprint density at radius 1 is 0.351 bits per heavy atom. The summed E-state index contributed by atoms with van der Waals surface area (Å²) in [4.78, 5) is 2.38. The summed E-state index contributed by atoms with van der Waals surface area (Å²) in [5.41, 5.74) is 11.4. The topological polar surface area (TPSA) is 17.4 Å². The van der Waals surface area contributed by atoms with Crippen LogP contribution in [-0.2, 0) is 0 Å². The lowest BCUT2D eigenvalue weighted by Crippen LogP contribution is -2.10. The summed E-state index contributed by atoms with van der Waals surface area (Å²) in [6.45, 7) is 0. The minimum absolute atomic E-state index is 0.874. The SMILES string of the molecule is c1cc(-c2ccc3c(c2)c2cccc4c2n3-c2ccccc2O4)cc(N(c2ccc(-c3cccc4c3ccc3ccccc34)cc2)c2ccc3ccccc3c2)c1. The number of benzene rings is 10. The molecule has 0 unspecified atom stereocenters. The van der Waals surface area contributed by atoms with Crippen LogP contribution in [0.5, 0.6) is 11.5 Å². The van der Waals surface area contributed by atoms with Gasteiger partial charge in [-0.05, 0) is 121 Å². The predicted molar refractivity (Wildman–Crippen MR) is 239 cm³/mol. The van der Waals surface area contributed by atoms with Crippen molar-refractivity contribution in [3.05, 3.63) is 206 Å².